The lowest BCUT2D eigenvalue weighted by Gasteiger charge is -2.14. The highest BCUT2D eigenvalue weighted by Crippen LogP contribution is 2.13. The number of amides is 1. The van der Waals surface area contributed by atoms with Gasteiger partial charge >= 0.3 is 5.97 Å². The van der Waals surface area contributed by atoms with Crippen LogP contribution in [0.5, 0.6) is 0 Å². The van der Waals surface area contributed by atoms with Gasteiger partial charge in [-0.1, -0.05) is 23.8 Å². The zero-order valence-electron chi connectivity index (χ0n) is 12.0. The molecule has 0 aliphatic heterocycles. The molecule has 1 unspecified atom stereocenters. The monoisotopic (exact) mass is 299 g/mol. The summed E-state index contributed by atoms with van der Waals surface area (Å²) in [4.78, 5) is 22.5. The molecule has 0 fully saturated rings. The zero-order chi connectivity index (χ0) is 16.0. The Morgan fingerprint density at radius 2 is 1.95 bits per heavy atom. The van der Waals surface area contributed by atoms with Crippen molar-refractivity contribution in [2.75, 3.05) is 0 Å². The third-order valence-corrected chi connectivity index (χ3v) is 3.17. The van der Waals surface area contributed by atoms with Crippen LogP contribution in [-0.4, -0.2) is 29.5 Å². The smallest absolute Gasteiger partial charge is 0.326 e. The first-order valence-corrected chi connectivity index (χ1v) is 6.66. The van der Waals surface area contributed by atoms with Crippen LogP contribution in [-0.2, 0) is 16.0 Å². The molecule has 1 aromatic rings. The molecule has 21 heavy (non-hydrogen) atoms. The Kier molecular flexibility index (Phi) is 6.27. The molecule has 0 saturated carbocycles. The Morgan fingerprint density at radius 1 is 1.29 bits per heavy atom. The van der Waals surface area contributed by atoms with Crippen molar-refractivity contribution < 1.29 is 23.5 Å². The van der Waals surface area contributed by atoms with Crippen LogP contribution >= 0.6 is 0 Å². The van der Waals surface area contributed by atoms with E-state index in [9.17, 15) is 18.4 Å². The van der Waals surface area contributed by atoms with Crippen molar-refractivity contribution >= 4 is 11.9 Å². The van der Waals surface area contributed by atoms with Crippen LogP contribution in [0.1, 0.15) is 29.5 Å². The fraction of sp³-hybridized carbons (Fsp3) is 0.467. The van der Waals surface area contributed by atoms with Gasteiger partial charge in [0.2, 0.25) is 12.3 Å². The maximum atomic E-state index is 12.2. The average molecular weight is 299 g/mol. The van der Waals surface area contributed by atoms with Crippen LogP contribution in [0, 0.1) is 13.8 Å². The summed E-state index contributed by atoms with van der Waals surface area (Å²) >= 11 is 0. The SMILES string of the molecule is Cc1ccc(CCC(=O)NC(CC(F)F)C(=O)O)c(C)c1. The van der Waals surface area contributed by atoms with Crippen molar-refractivity contribution in [1.29, 1.82) is 0 Å². The highest BCUT2D eigenvalue weighted by Gasteiger charge is 2.23. The molecule has 4 nitrogen and oxygen atoms in total. The first-order chi connectivity index (χ1) is 9.79. The van der Waals surface area contributed by atoms with Gasteiger partial charge in [-0.05, 0) is 31.4 Å². The van der Waals surface area contributed by atoms with Gasteiger partial charge in [0.05, 0.1) is 0 Å². The number of carbonyl (C=O) groups is 2. The van der Waals surface area contributed by atoms with E-state index >= 15 is 0 Å². The van der Waals surface area contributed by atoms with E-state index in [-0.39, 0.29) is 6.42 Å². The minimum atomic E-state index is -2.77. The predicted molar refractivity (Wildman–Crippen MR) is 74.4 cm³/mol. The number of nitrogens with one attached hydrogen (secondary N) is 1. The Bertz CT molecular complexity index is 518. The second-order valence-electron chi connectivity index (χ2n) is 5.02. The molecule has 0 aromatic heterocycles. The van der Waals surface area contributed by atoms with Crippen molar-refractivity contribution in [1.82, 2.24) is 5.32 Å². The number of alkyl halides is 2. The quantitative estimate of drug-likeness (QED) is 0.813. The van der Waals surface area contributed by atoms with E-state index in [0.29, 0.717) is 6.42 Å². The van der Waals surface area contributed by atoms with Crippen molar-refractivity contribution in [3.8, 4) is 0 Å². The molecule has 1 amide bonds. The van der Waals surface area contributed by atoms with Gasteiger partial charge in [-0.2, -0.15) is 0 Å². The summed E-state index contributed by atoms with van der Waals surface area (Å²) in [5.74, 6) is -1.99. The van der Waals surface area contributed by atoms with Gasteiger partial charge in [0.15, 0.2) is 0 Å². The zero-order valence-corrected chi connectivity index (χ0v) is 12.0. The van der Waals surface area contributed by atoms with Crippen LogP contribution in [0.4, 0.5) is 8.78 Å². The number of halogens is 2. The van der Waals surface area contributed by atoms with Gasteiger partial charge in [0.25, 0.3) is 0 Å². The van der Waals surface area contributed by atoms with Gasteiger partial charge in [0, 0.05) is 12.8 Å². The summed E-state index contributed by atoms with van der Waals surface area (Å²) in [6.45, 7) is 3.89. The fourth-order valence-corrected chi connectivity index (χ4v) is 2.04. The number of hydrogen-bond donors (Lipinski definition) is 2. The first-order valence-electron chi connectivity index (χ1n) is 6.66. The lowest BCUT2D eigenvalue weighted by atomic mass is 10.0. The van der Waals surface area contributed by atoms with Crippen LogP contribution < -0.4 is 5.32 Å². The van der Waals surface area contributed by atoms with E-state index in [1.807, 2.05) is 32.0 Å². The summed E-state index contributed by atoms with van der Waals surface area (Å²) in [6.07, 6.45) is -3.15. The predicted octanol–water partition coefficient (Wildman–Crippen LogP) is 2.46. The molecule has 0 saturated heterocycles. The van der Waals surface area contributed by atoms with E-state index in [1.165, 1.54) is 0 Å². The summed E-state index contributed by atoms with van der Waals surface area (Å²) in [7, 11) is 0. The van der Waals surface area contributed by atoms with Gasteiger partial charge < -0.3 is 10.4 Å². The molecule has 0 heterocycles. The van der Waals surface area contributed by atoms with Gasteiger partial charge in [0.1, 0.15) is 6.04 Å². The maximum absolute atomic E-state index is 12.2. The van der Waals surface area contributed by atoms with Gasteiger partial charge in [-0.15, -0.1) is 0 Å². The Labute approximate surface area is 122 Å². The average Bonchev–Trinajstić information content (AvgIpc) is 2.36. The molecular formula is C15H19F2NO3. The number of aryl methyl sites for hydroxylation is 3. The molecule has 0 spiro atoms. The van der Waals surface area contributed by atoms with Crippen LogP contribution in [0.25, 0.3) is 0 Å². The minimum absolute atomic E-state index is 0.0664. The third-order valence-electron chi connectivity index (χ3n) is 3.17. The van der Waals surface area contributed by atoms with E-state index in [2.05, 4.69) is 5.32 Å². The Morgan fingerprint density at radius 3 is 2.48 bits per heavy atom. The molecule has 1 aromatic carbocycles. The summed E-state index contributed by atoms with van der Waals surface area (Å²) in [6, 6.07) is 4.28. The van der Waals surface area contributed by atoms with Crippen molar-refractivity contribution in [3.05, 3.63) is 34.9 Å². The Hall–Kier alpha value is -1.98. The molecule has 1 atom stereocenters. The second-order valence-corrected chi connectivity index (χ2v) is 5.02. The van der Waals surface area contributed by atoms with Crippen molar-refractivity contribution in [3.63, 3.8) is 0 Å². The summed E-state index contributed by atoms with van der Waals surface area (Å²) < 4.78 is 24.4. The Balaban J connectivity index is 2.54. The first kappa shape index (κ1) is 17.1. The number of hydrogen-bond acceptors (Lipinski definition) is 2. The standard InChI is InChI=1S/C15H19F2NO3/c1-9-3-4-11(10(2)7-9)5-6-14(19)18-12(15(20)21)8-13(16)17/h3-4,7,12-13H,5-6,8H2,1-2H3,(H,18,19)(H,20,21). The molecule has 0 radical (unpaired) electrons. The van der Waals surface area contributed by atoms with Gasteiger partial charge in [-0.25, -0.2) is 13.6 Å². The van der Waals surface area contributed by atoms with Crippen LogP contribution in [0.15, 0.2) is 18.2 Å². The topological polar surface area (TPSA) is 66.4 Å². The number of aliphatic carboxylic acids is 1. The summed E-state index contributed by atoms with van der Waals surface area (Å²) in [5, 5.41) is 10.9. The molecule has 116 valence electrons. The molecule has 1 rings (SSSR count). The number of carbonyl (C=O) groups excluding carboxylic acids is 1. The number of carboxylic acid groups (broad SMARTS) is 1. The molecule has 6 heteroatoms. The molecule has 0 aliphatic rings. The van der Waals surface area contributed by atoms with E-state index in [1.54, 1.807) is 0 Å². The highest BCUT2D eigenvalue weighted by molar-refractivity contribution is 5.83. The number of carboxylic acids is 1. The second kappa shape index (κ2) is 7.71. The lowest BCUT2D eigenvalue weighted by molar-refractivity contribution is -0.143. The fourth-order valence-electron chi connectivity index (χ4n) is 2.04. The normalized spacial score (nSPS) is 12.2. The summed E-state index contributed by atoms with van der Waals surface area (Å²) in [5.41, 5.74) is 3.14. The maximum Gasteiger partial charge on any atom is 0.326 e. The van der Waals surface area contributed by atoms with E-state index < -0.39 is 30.8 Å². The largest absolute Gasteiger partial charge is 0.480 e. The number of rotatable bonds is 7. The van der Waals surface area contributed by atoms with Crippen LogP contribution in [0.3, 0.4) is 0 Å². The van der Waals surface area contributed by atoms with E-state index in [0.717, 1.165) is 16.7 Å². The molecule has 2 N–H and O–H groups in total. The number of benzene rings is 1. The molecule has 0 aliphatic carbocycles. The minimum Gasteiger partial charge on any atom is -0.480 e. The van der Waals surface area contributed by atoms with Crippen LogP contribution in [0.2, 0.25) is 0 Å². The van der Waals surface area contributed by atoms with Gasteiger partial charge in [-0.3, -0.25) is 4.79 Å². The lowest BCUT2D eigenvalue weighted by Crippen LogP contribution is -2.42. The molecular weight excluding hydrogens is 280 g/mol. The third kappa shape index (κ3) is 5.89. The highest BCUT2D eigenvalue weighted by atomic mass is 19.3. The van der Waals surface area contributed by atoms with Crippen molar-refractivity contribution in [2.45, 2.75) is 45.6 Å². The molecule has 0 bridgehead atoms. The van der Waals surface area contributed by atoms with E-state index in [4.69, 9.17) is 5.11 Å². The van der Waals surface area contributed by atoms with Crippen molar-refractivity contribution in [2.24, 2.45) is 0 Å².